The van der Waals surface area contributed by atoms with Crippen LogP contribution in [0.1, 0.15) is 27.7 Å². The van der Waals surface area contributed by atoms with Crippen LogP contribution in [-0.2, 0) is 9.31 Å². The number of rotatable bonds is 1. The van der Waals surface area contributed by atoms with Crippen molar-refractivity contribution in [1.82, 2.24) is 8.75 Å². The fraction of sp³-hybridized carbons (Fsp3) is 0.500. The standard InChI is InChI=1S/C12H13BF2N2O2S/c1-11(2)12(3,4)19-13(18-11)8-9(15)6(14)5-7-10(8)17-20-16-7/h5H,1-4H3. The monoisotopic (exact) mass is 298 g/mol. The Labute approximate surface area is 119 Å². The van der Waals surface area contributed by atoms with E-state index in [1.54, 1.807) is 0 Å². The van der Waals surface area contributed by atoms with Gasteiger partial charge in [-0.15, -0.1) is 0 Å². The fourth-order valence-electron chi connectivity index (χ4n) is 2.07. The zero-order valence-corrected chi connectivity index (χ0v) is 12.3. The highest BCUT2D eigenvalue weighted by atomic mass is 32.1. The van der Waals surface area contributed by atoms with Gasteiger partial charge >= 0.3 is 7.12 Å². The van der Waals surface area contributed by atoms with Gasteiger partial charge in [0.1, 0.15) is 11.0 Å². The maximum absolute atomic E-state index is 14.2. The molecule has 20 heavy (non-hydrogen) atoms. The summed E-state index contributed by atoms with van der Waals surface area (Å²) in [5.74, 6) is -1.97. The maximum Gasteiger partial charge on any atom is 0.500 e. The van der Waals surface area contributed by atoms with Crippen molar-refractivity contribution in [3.8, 4) is 0 Å². The minimum Gasteiger partial charge on any atom is -0.399 e. The third-order valence-electron chi connectivity index (χ3n) is 3.97. The average molecular weight is 298 g/mol. The van der Waals surface area contributed by atoms with Crippen molar-refractivity contribution in [3.05, 3.63) is 17.7 Å². The van der Waals surface area contributed by atoms with Gasteiger partial charge < -0.3 is 9.31 Å². The fourth-order valence-corrected chi connectivity index (χ4v) is 2.61. The topological polar surface area (TPSA) is 44.2 Å². The number of hydrogen-bond donors (Lipinski definition) is 0. The van der Waals surface area contributed by atoms with E-state index in [1.807, 2.05) is 27.7 Å². The largest absolute Gasteiger partial charge is 0.500 e. The Balaban J connectivity index is 2.16. The van der Waals surface area contributed by atoms with Gasteiger partial charge in [0, 0.05) is 6.07 Å². The smallest absolute Gasteiger partial charge is 0.399 e. The minimum atomic E-state index is -0.998. The third-order valence-corrected chi connectivity index (χ3v) is 4.51. The number of aromatic nitrogens is 2. The summed E-state index contributed by atoms with van der Waals surface area (Å²) in [6, 6.07) is 1.03. The van der Waals surface area contributed by atoms with E-state index in [-0.39, 0.29) is 11.0 Å². The molecule has 0 spiro atoms. The molecule has 2 aromatic rings. The van der Waals surface area contributed by atoms with Crippen LogP contribution in [0, 0.1) is 11.6 Å². The van der Waals surface area contributed by atoms with E-state index in [4.69, 9.17) is 9.31 Å². The molecular formula is C12H13BF2N2O2S. The van der Waals surface area contributed by atoms with Gasteiger partial charge in [0.15, 0.2) is 11.6 Å². The molecule has 1 aromatic carbocycles. The average Bonchev–Trinajstić information content (AvgIpc) is 2.83. The SMILES string of the molecule is CC1(C)OB(c2c(F)c(F)cc3nsnc23)OC1(C)C. The molecule has 1 fully saturated rings. The Morgan fingerprint density at radius 1 is 1.10 bits per heavy atom. The second-order valence-electron chi connectivity index (χ2n) is 5.81. The van der Waals surface area contributed by atoms with Gasteiger partial charge in [0.05, 0.1) is 28.4 Å². The molecule has 1 aromatic heterocycles. The molecule has 4 nitrogen and oxygen atoms in total. The summed E-state index contributed by atoms with van der Waals surface area (Å²) >= 11 is 0.899. The number of nitrogens with zero attached hydrogens (tertiary/aromatic N) is 2. The van der Waals surface area contributed by atoms with Gasteiger partial charge in [-0.25, -0.2) is 8.78 Å². The van der Waals surface area contributed by atoms with Crippen LogP contribution in [0.4, 0.5) is 8.78 Å². The minimum absolute atomic E-state index is 0.0209. The predicted molar refractivity (Wildman–Crippen MR) is 73.0 cm³/mol. The lowest BCUT2D eigenvalue weighted by molar-refractivity contribution is 0.00578. The van der Waals surface area contributed by atoms with Crippen molar-refractivity contribution in [2.24, 2.45) is 0 Å². The maximum atomic E-state index is 14.2. The molecule has 0 atom stereocenters. The van der Waals surface area contributed by atoms with E-state index in [9.17, 15) is 8.78 Å². The second-order valence-corrected chi connectivity index (χ2v) is 6.33. The number of hydrogen-bond acceptors (Lipinski definition) is 5. The lowest BCUT2D eigenvalue weighted by Crippen LogP contribution is -2.41. The lowest BCUT2D eigenvalue weighted by Gasteiger charge is -2.32. The molecule has 1 aliphatic rings. The van der Waals surface area contributed by atoms with E-state index < -0.39 is 30.0 Å². The summed E-state index contributed by atoms with van der Waals surface area (Å²) in [7, 11) is -0.998. The molecule has 1 saturated heterocycles. The van der Waals surface area contributed by atoms with Crippen LogP contribution in [0.15, 0.2) is 6.07 Å². The molecule has 0 N–H and O–H groups in total. The zero-order valence-electron chi connectivity index (χ0n) is 11.5. The van der Waals surface area contributed by atoms with Crippen LogP contribution in [-0.4, -0.2) is 27.1 Å². The summed E-state index contributed by atoms with van der Waals surface area (Å²) in [5.41, 5.74) is -0.698. The van der Waals surface area contributed by atoms with Crippen molar-refractivity contribution >= 4 is 35.3 Å². The Kier molecular flexibility index (Phi) is 2.90. The van der Waals surface area contributed by atoms with Crippen LogP contribution < -0.4 is 5.46 Å². The summed E-state index contributed by atoms with van der Waals surface area (Å²) in [6.07, 6.45) is 0. The molecular weight excluding hydrogens is 285 g/mol. The highest BCUT2D eigenvalue weighted by molar-refractivity contribution is 7.00. The first-order chi connectivity index (χ1) is 9.23. The van der Waals surface area contributed by atoms with Gasteiger partial charge in [0.25, 0.3) is 0 Å². The molecule has 8 heteroatoms. The molecule has 0 radical (unpaired) electrons. The summed E-state index contributed by atoms with van der Waals surface area (Å²) < 4.78 is 47.3. The zero-order chi connectivity index (χ0) is 14.7. The number of halogens is 2. The van der Waals surface area contributed by atoms with Crippen LogP contribution in [0.3, 0.4) is 0 Å². The Bertz CT molecular complexity index is 673. The molecule has 0 unspecified atom stereocenters. The van der Waals surface area contributed by atoms with Crippen molar-refractivity contribution in [2.45, 2.75) is 38.9 Å². The number of benzene rings is 1. The van der Waals surface area contributed by atoms with E-state index in [0.29, 0.717) is 5.52 Å². The molecule has 0 saturated carbocycles. The van der Waals surface area contributed by atoms with Gasteiger partial charge in [-0.2, -0.15) is 8.75 Å². The van der Waals surface area contributed by atoms with E-state index >= 15 is 0 Å². The van der Waals surface area contributed by atoms with Crippen molar-refractivity contribution < 1.29 is 18.1 Å². The quantitative estimate of drug-likeness (QED) is 0.758. The molecule has 0 bridgehead atoms. The van der Waals surface area contributed by atoms with Gasteiger partial charge in [-0.3, -0.25) is 0 Å². The van der Waals surface area contributed by atoms with Crippen LogP contribution in [0.25, 0.3) is 11.0 Å². The predicted octanol–water partition coefficient (Wildman–Crippen LogP) is 2.27. The third kappa shape index (κ3) is 1.86. The molecule has 2 heterocycles. The first-order valence-electron chi connectivity index (χ1n) is 6.19. The van der Waals surface area contributed by atoms with Crippen molar-refractivity contribution in [3.63, 3.8) is 0 Å². The van der Waals surface area contributed by atoms with E-state index in [0.717, 1.165) is 17.8 Å². The normalized spacial score (nSPS) is 20.8. The van der Waals surface area contributed by atoms with Crippen LogP contribution in [0.2, 0.25) is 0 Å². The molecule has 0 aliphatic carbocycles. The Morgan fingerprint density at radius 2 is 1.70 bits per heavy atom. The van der Waals surface area contributed by atoms with Crippen LogP contribution in [0.5, 0.6) is 0 Å². The summed E-state index contributed by atoms with van der Waals surface area (Å²) in [5, 5.41) is 0. The van der Waals surface area contributed by atoms with Crippen LogP contribution >= 0.6 is 11.7 Å². The van der Waals surface area contributed by atoms with Gasteiger partial charge in [0.2, 0.25) is 0 Å². The number of fused-ring (bicyclic) bond motifs is 1. The molecule has 106 valence electrons. The second kappa shape index (κ2) is 4.19. The highest BCUT2D eigenvalue weighted by Gasteiger charge is 2.53. The molecule has 3 rings (SSSR count). The van der Waals surface area contributed by atoms with Gasteiger partial charge in [-0.1, -0.05) is 0 Å². The highest BCUT2D eigenvalue weighted by Crippen LogP contribution is 2.37. The van der Waals surface area contributed by atoms with Crippen molar-refractivity contribution in [1.29, 1.82) is 0 Å². The lowest BCUT2D eigenvalue weighted by atomic mass is 9.77. The molecule has 0 amide bonds. The Morgan fingerprint density at radius 3 is 2.30 bits per heavy atom. The van der Waals surface area contributed by atoms with Crippen molar-refractivity contribution in [2.75, 3.05) is 0 Å². The Hall–Kier alpha value is -1.12. The first-order valence-corrected chi connectivity index (χ1v) is 6.92. The summed E-state index contributed by atoms with van der Waals surface area (Å²) in [6.45, 7) is 7.39. The molecule has 1 aliphatic heterocycles. The van der Waals surface area contributed by atoms with E-state index in [2.05, 4.69) is 8.75 Å². The summed E-state index contributed by atoms with van der Waals surface area (Å²) in [4.78, 5) is 0. The first kappa shape index (κ1) is 13.8. The van der Waals surface area contributed by atoms with Gasteiger partial charge in [-0.05, 0) is 27.7 Å². The van der Waals surface area contributed by atoms with E-state index in [1.165, 1.54) is 0 Å².